The van der Waals surface area contributed by atoms with Gasteiger partial charge in [-0.15, -0.1) is 0 Å². The zero-order valence-corrected chi connectivity index (χ0v) is 6.32. The van der Waals surface area contributed by atoms with E-state index in [2.05, 4.69) is 0 Å². The molecule has 11 heavy (non-hydrogen) atoms. The maximum Gasteiger partial charge on any atom is 0.142 e. The van der Waals surface area contributed by atoms with E-state index < -0.39 is 0 Å². The Morgan fingerprint density at radius 2 is 2.00 bits per heavy atom. The van der Waals surface area contributed by atoms with Gasteiger partial charge in [0.1, 0.15) is 5.94 Å². The highest BCUT2D eigenvalue weighted by atomic mass is 16.1. The molecule has 0 saturated heterocycles. The first kappa shape index (κ1) is 7.58. The molecule has 0 atom stereocenters. The Hall–Kier alpha value is -1.53. The summed E-state index contributed by atoms with van der Waals surface area (Å²) in [5.74, 6) is 1.72. The molecule has 1 aromatic rings. The molecule has 1 rings (SSSR count). The fourth-order valence-corrected chi connectivity index (χ4v) is 0.817. The summed E-state index contributed by atoms with van der Waals surface area (Å²) in [5.41, 5.74) is 0.982. The minimum absolute atomic E-state index is 0.982. The van der Waals surface area contributed by atoms with E-state index in [-0.39, 0.29) is 0 Å². The number of nitrogens with zero attached hydrogens (tertiary/aromatic N) is 1. The maximum atomic E-state index is 9.97. The van der Waals surface area contributed by atoms with Gasteiger partial charge in [-0.25, -0.2) is 4.79 Å². The van der Waals surface area contributed by atoms with Crippen molar-refractivity contribution in [1.29, 1.82) is 0 Å². The van der Waals surface area contributed by atoms with Gasteiger partial charge in [0.15, 0.2) is 0 Å². The van der Waals surface area contributed by atoms with Crippen LogP contribution in [-0.4, -0.2) is 13.0 Å². The topological polar surface area (TPSA) is 20.3 Å². The normalized spacial score (nSPS) is 8.45. The molecule has 0 aliphatic heterocycles. The molecule has 0 aliphatic rings. The van der Waals surface area contributed by atoms with Crippen LogP contribution < -0.4 is 4.90 Å². The predicted molar refractivity (Wildman–Crippen MR) is 45.1 cm³/mol. The van der Waals surface area contributed by atoms with Crippen LogP contribution in [0, 0.1) is 0 Å². The molecular weight excluding hydrogens is 138 g/mol. The van der Waals surface area contributed by atoms with Crippen LogP contribution in [0.25, 0.3) is 0 Å². The van der Waals surface area contributed by atoms with Crippen molar-refractivity contribution in [3.63, 3.8) is 0 Å². The van der Waals surface area contributed by atoms with Crippen molar-refractivity contribution in [1.82, 2.24) is 0 Å². The fourth-order valence-electron chi connectivity index (χ4n) is 0.817. The number of para-hydroxylation sites is 1. The summed E-state index contributed by atoms with van der Waals surface area (Å²) in [6.07, 6.45) is 1.36. The number of hydrogen-bond donors (Lipinski definition) is 0. The molecule has 0 radical (unpaired) electrons. The van der Waals surface area contributed by atoms with Gasteiger partial charge in [-0.2, -0.15) is 0 Å². The van der Waals surface area contributed by atoms with Gasteiger partial charge in [0.05, 0.1) is 6.20 Å². The first-order chi connectivity index (χ1) is 5.34. The Bertz CT molecular complexity index is 262. The van der Waals surface area contributed by atoms with E-state index in [0.29, 0.717) is 0 Å². The lowest BCUT2D eigenvalue weighted by Gasteiger charge is -2.10. The molecule has 0 aromatic heterocycles. The van der Waals surface area contributed by atoms with Crippen molar-refractivity contribution in [2.45, 2.75) is 0 Å². The molecule has 0 heterocycles. The smallest absolute Gasteiger partial charge is 0.142 e. The summed E-state index contributed by atoms with van der Waals surface area (Å²) >= 11 is 0. The number of hydrogen-bond acceptors (Lipinski definition) is 2. The number of anilines is 1. The third kappa shape index (κ3) is 1.95. The number of benzene rings is 1. The lowest BCUT2D eigenvalue weighted by atomic mass is 10.3. The molecule has 0 fully saturated rings. The Morgan fingerprint density at radius 3 is 2.55 bits per heavy atom. The van der Waals surface area contributed by atoms with Crippen LogP contribution in [0.1, 0.15) is 0 Å². The molecule has 2 nitrogen and oxygen atoms in total. The van der Waals surface area contributed by atoms with E-state index in [1.807, 2.05) is 30.3 Å². The van der Waals surface area contributed by atoms with Crippen LogP contribution in [0.15, 0.2) is 36.5 Å². The van der Waals surface area contributed by atoms with Gasteiger partial charge in [0.25, 0.3) is 0 Å². The van der Waals surface area contributed by atoms with Crippen molar-refractivity contribution >= 4 is 11.6 Å². The van der Waals surface area contributed by atoms with Gasteiger partial charge in [-0.1, -0.05) is 18.2 Å². The summed E-state index contributed by atoms with van der Waals surface area (Å²) in [5, 5.41) is 0. The van der Waals surface area contributed by atoms with E-state index in [0.717, 1.165) is 5.69 Å². The summed E-state index contributed by atoms with van der Waals surface area (Å²) in [4.78, 5) is 11.7. The van der Waals surface area contributed by atoms with Crippen molar-refractivity contribution in [3.8, 4) is 0 Å². The Labute approximate surface area is 65.8 Å². The van der Waals surface area contributed by atoms with Gasteiger partial charge < -0.3 is 4.90 Å². The zero-order valence-electron chi connectivity index (χ0n) is 6.32. The van der Waals surface area contributed by atoms with Gasteiger partial charge in [0.2, 0.25) is 0 Å². The first-order valence-corrected chi connectivity index (χ1v) is 3.33. The SMILES string of the molecule is CN(C=C=O)c1ccccc1. The number of carbonyl (C=O) groups excluding carboxylic acids is 1. The summed E-state index contributed by atoms with van der Waals surface area (Å²) in [6, 6.07) is 9.62. The van der Waals surface area contributed by atoms with Crippen molar-refractivity contribution in [2.24, 2.45) is 0 Å². The number of rotatable bonds is 2. The molecule has 0 unspecified atom stereocenters. The molecule has 0 bridgehead atoms. The van der Waals surface area contributed by atoms with Crippen LogP contribution in [0.4, 0.5) is 5.69 Å². The van der Waals surface area contributed by atoms with Crippen molar-refractivity contribution < 1.29 is 4.79 Å². The second-order valence-electron chi connectivity index (χ2n) is 2.19. The largest absolute Gasteiger partial charge is 0.342 e. The lowest BCUT2D eigenvalue weighted by molar-refractivity contribution is 0.568. The highest BCUT2D eigenvalue weighted by Gasteiger charge is 1.92. The van der Waals surface area contributed by atoms with E-state index in [4.69, 9.17) is 0 Å². The summed E-state index contributed by atoms with van der Waals surface area (Å²) in [6.45, 7) is 0. The first-order valence-electron chi connectivity index (χ1n) is 3.33. The van der Waals surface area contributed by atoms with Crippen LogP contribution in [-0.2, 0) is 4.79 Å². The van der Waals surface area contributed by atoms with Crippen LogP contribution in [0.5, 0.6) is 0 Å². The third-order valence-corrected chi connectivity index (χ3v) is 1.41. The van der Waals surface area contributed by atoms with E-state index >= 15 is 0 Å². The van der Waals surface area contributed by atoms with Gasteiger partial charge in [0, 0.05) is 12.7 Å². The highest BCUT2D eigenvalue weighted by molar-refractivity contribution is 5.57. The minimum Gasteiger partial charge on any atom is -0.342 e. The molecule has 56 valence electrons. The Kier molecular flexibility index (Phi) is 2.47. The van der Waals surface area contributed by atoms with Crippen LogP contribution >= 0.6 is 0 Å². The minimum atomic E-state index is 0.982. The van der Waals surface area contributed by atoms with Gasteiger partial charge in [-0.3, -0.25) is 0 Å². The summed E-state index contributed by atoms with van der Waals surface area (Å²) in [7, 11) is 1.81. The fraction of sp³-hybridized carbons (Fsp3) is 0.111. The maximum absolute atomic E-state index is 9.97. The molecule has 0 spiro atoms. The average Bonchev–Trinajstić information content (AvgIpc) is 2.07. The second kappa shape index (κ2) is 3.59. The molecule has 0 N–H and O–H groups in total. The van der Waals surface area contributed by atoms with Crippen LogP contribution in [0.2, 0.25) is 0 Å². The van der Waals surface area contributed by atoms with Crippen molar-refractivity contribution in [3.05, 3.63) is 36.5 Å². The molecular formula is C9H9NO. The van der Waals surface area contributed by atoms with Crippen LogP contribution in [0.3, 0.4) is 0 Å². The quantitative estimate of drug-likeness (QED) is 0.590. The van der Waals surface area contributed by atoms with E-state index in [9.17, 15) is 4.79 Å². The van der Waals surface area contributed by atoms with Crippen molar-refractivity contribution in [2.75, 3.05) is 11.9 Å². The third-order valence-electron chi connectivity index (χ3n) is 1.41. The lowest BCUT2D eigenvalue weighted by Crippen LogP contribution is -2.07. The standard InChI is InChI=1S/C9H9NO/c1-10(7-8-11)9-5-3-2-4-6-9/h2-7H,1H3. The highest BCUT2D eigenvalue weighted by Crippen LogP contribution is 2.09. The molecule has 1 aromatic carbocycles. The van der Waals surface area contributed by atoms with Gasteiger partial charge >= 0.3 is 0 Å². The van der Waals surface area contributed by atoms with Gasteiger partial charge in [-0.05, 0) is 12.1 Å². The molecule has 0 aliphatic carbocycles. The average molecular weight is 147 g/mol. The monoisotopic (exact) mass is 147 g/mol. The Morgan fingerprint density at radius 1 is 1.36 bits per heavy atom. The summed E-state index contributed by atoms with van der Waals surface area (Å²) < 4.78 is 0. The van der Waals surface area contributed by atoms with E-state index in [1.165, 1.54) is 6.20 Å². The molecule has 2 heteroatoms. The second-order valence-corrected chi connectivity index (χ2v) is 2.19. The molecule has 0 saturated carbocycles. The van der Waals surface area contributed by atoms with E-state index in [1.54, 1.807) is 17.9 Å². The molecule has 0 amide bonds. The predicted octanol–water partition coefficient (Wildman–Crippen LogP) is 1.47. The Balaban J connectivity index is 2.84. The zero-order chi connectivity index (χ0) is 8.10.